The Labute approximate surface area is 214 Å². The van der Waals surface area contributed by atoms with Crippen LogP contribution in [-0.4, -0.2) is 66.4 Å². The summed E-state index contributed by atoms with van der Waals surface area (Å²) in [5.74, 6) is -3.05. The van der Waals surface area contributed by atoms with Crippen molar-refractivity contribution in [2.75, 3.05) is 24.5 Å². The van der Waals surface area contributed by atoms with Crippen LogP contribution in [-0.2, 0) is 14.8 Å². The first-order chi connectivity index (χ1) is 17.5. The fourth-order valence-corrected chi connectivity index (χ4v) is 5.56. The molecule has 38 heavy (non-hydrogen) atoms. The SMILES string of the molecule is O=C(N1CCN(c2nn(S(=O)(=O)c3ccc(C(F)F)cc3)c3cccc(Cl)c23)C(C(F)(F)F)C1)C(F)(F)F. The van der Waals surface area contributed by atoms with Gasteiger partial charge in [0, 0.05) is 18.7 Å². The Hall–Kier alpha value is -3.14. The second-order valence-electron chi connectivity index (χ2n) is 8.18. The smallest absolute Gasteiger partial charge is 0.339 e. The Kier molecular flexibility index (Phi) is 7.01. The molecule has 0 aliphatic carbocycles. The summed E-state index contributed by atoms with van der Waals surface area (Å²) in [5, 5.41) is 3.41. The van der Waals surface area contributed by atoms with E-state index in [0.29, 0.717) is 8.99 Å². The number of halogens is 9. The molecule has 206 valence electrons. The Balaban J connectivity index is 1.84. The third kappa shape index (κ3) is 4.98. The highest BCUT2D eigenvalue weighted by Gasteiger charge is 2.52. The minimum Gasteiger partial charge on any atom is -0.339 e. The zero-order valence-corrected chi connectivity index (χ0v) is 20.2. The van der Waals surface area contributed by atoms with Gasteiger partial charge in [-0.2, -0.15) is 38.8 Å². The van der Waals surface area contributed by atoms with E-state index < -0.39 is 76.7 Å². The van der Waals surface area contributed by atoms with Gasteiger partial charge in [0.2, 0.25) is 0 Å². The number of anilines is 1. The third-order valence-corrected chi connectivity index (χ3v) is 7.74. The van der Waals surface area contributed by atoms with Gasteiger partial charge in [-0.3, -0.25) is 4.79 Å². The number of carbonyl (C=O) groups is 1. The molecule has 0 N–H and O–H groups in total. The average Bonchev–Trinajstić information content (AvgIpc) is 3.24. The standard InChI is InChI=1S/C21H15ClF8N4O3S/c22-13-2-1-3-14-16(13)18(31-34(14)38(36,37)12-6-4-11(5-7-12)17(23)24)33-9-8-32(19(35)21(28,29)30)10-15(33)20(25,26)27/h1-7,15,17H,8-10H2. The summed E-state index contributed by atoms with van der Waals surface area (Å²) in [6.45, 7) is -2.96. The number of piperazine rings is 1. The number of hydrogen-bond acceptors (Lipinski definition) is 5. The van der Waals surface area contributed by atoms with Crippen molar-refractivity contribution in [3.05, 3.63) is 53.1 Å². The van der Waals surface area contributed by atoms with Gasteiger partial charge < -0.3 is 9.80 Å². The molecule has 1 amide bonds. The van der Waals surface area contributed by atoms with Crippen LogP contribution < -0.4 is 4.90 Å². The van der Waals surface area contributed by atoms with Gasteiger partial charge in [-0.05, 0) is 24.3 Å². The number of benzene rings is 2. The first-order valence-corrected chi connectivity index (χ1v) is 12.4. The van der Waals surface area contributed by atoms with Crippen LogP contribution in [0.1, 0.15) is 12.0 Å². The van der Waals surface area contributed by atoms with Crippen molar-refractivity contribution in [1.82, 2.24) is 14.1 Å². The molecule has 0 spiro atoms. The molecule has 1 aromatic heterocycles. The molecule has 0 saturated carbocycles. The van der Waals surface area contributed by atoms with E-state index in [1.165, 1.54) is 18.2 Å². The van der Waals surface area contributed by atoms with Gasteiger partial charge in [-0.15, -0.1) is 5.10 Å². The average molecular weight is 591 g/mol. The minimum atomic E-state index is -5.40. The molecular weight excluding hydrogens is 576 g/mol. The maximum absolute atomic E-state index is 14.0. The molecule has 2 heterocycles. The van der Waals surface area contributed by atoms with Crippen LogP contribution in [0.15, 0.2) is 47.4 Å². The molecule has 1 saturated heterocycles. The predicted molar refractivity (Wildman–Crippen MR) is 119 cm³/mol. The van der Waals surface area contributed by atoms with Gasteiger partial charge in [0.1, 0.15) is 6.04 Å². The summed E-state index contributed by atoms with van der Waals surface area (Å²) in [6.07, 6.45) is -13.4. The molecule has 1 aliphatic rings. The summed E-state index contributed by atoms with van der Waals surface area (Å²) < 4.78 is 133. The predicted octanol–water partition coefficient (Wildman–Crippen LogP) is 5.01. The maximum Gasteiger partial charge on any atom is 0.471 e. The van der Waals surface area contributed by atoms with Gasteiger partial charge in [0.15, 0.2) is 5.82 Å². The van der Waals surface area contributed by atoms with Gasteiger partial charge in [-0.1, -0.05) is 29.8 Å². The second kappa shape index (κ2) is 9.55. The van der Waals surface area contributed by atoms with Crippen molar-refractivity contribution in [3.8, 4) is 0 Å². The normalized spacial score (nSPS) is 17.5. The van der Waals surface area contributed by atoms with E-state index in [2.05, 4.69) is 5.10 Å². The van der Waals surface area contributed by atoms with Crippen molar-refractivity contribution in [3.63, 3.8) is 0 Å². The van der Waals surface area contributed by atoms with E-state index in [1.54, 1.807) is 0 Å². The first kappa shape index (κ1) is 27.9. The molecule has 7 nitrogen and oxygen atoms in total. The zero-order valence-electron chi connectivity index (χ0n) is 18.6. The fraction of sp³-hybridized carbons (Fsp3) is 0.333. The van der Waals surface area contributed by atoms with Crippen molar-refractivity contribution < 1.29 is 48.3 Å². The number of nitrogens with zero attached hydrogens (tertiary/aromatic N) is 4. The fourth-order valence-electron chi connectivity index (χ4n) is 4.03. The van der Waals surface area contributed by atoms with E-state index in [1.807, 2.05) is 0 Å². The summed E-state index contributed by atoms with van der Waals surface area (Å²) >= 11 is 6.19. The Morgan fingerprint density at radius 1 is 1.00 bits per heavy atom. The van der Waals surface area contributed by atoms with Gasteiger partial charge in [0.05, 0.1) is 27.4 Å². The Morgan fingerprint density at radius 2 is 1.63 bits per heavy atom. The Bertz CT molecular complexity index is 1470. The summed E-state index contributed by atoms with van der Waals surface area (Å²) in [7, 11) is -4.66. The molecule has 1 aliphatic heterocycles. The van der Waals surface area contributed by atoms with Gasteiger partial charge >= 0.3 is 18.3 Å². The molecule has 1 fully saturated rings. The highest BCUT2D eigenvalue weighted by atomic mass is 35.5. The lowest BCUT2D eigenvalue weighted by Crippen LogP contribution is -2.62. The molecule has 0 radical (unpaired) electrons. The van der Waals surface area contributed by atoms with Crippen LogP contribution in [0.4, 0.5) is 40.9 Å². The molecule has 2 aromatic carbocycles. The molecular formula is C21H15ClF8N4O3S. The number of carbonyl (C=O) groups excluding carboxylic acids is 1. The van der Waals surface area contributed by atoms with Crippen molar-refractivity contribution in [2.24, 2.45) is 0 Å². The summed E-state index contributed by atoms with van der Waals surface area (Å²) in [5.41, 5.74) is -0.738. The van der Waals surface area contributed by atoms with Gasteiger partial charge in [0.25, 0.3) is 16.4 Å². The Morgan fingerprint density at radius 3 is 2.18 bits per heavy atom. The van der Waals surface area contributed by atoms with Crippen molar-refractivity contribution in [1.29, 1.82) is 0 Å². The highest BCUT2D eigenvalue weighted by Crippen LogP contribution is 2.39. The van der Waals surface area contributed by atoms with E-state index >= 15 is 0 Å². The third-order valence-electron chi connectivity index (χ3n) is 5.82. The van der Waals surface area contributed by atoms with Crippen LogP contribution >= 0.6 is 11.6 Å². The summed E-state index contributed by atoms with van der Waals surface area (Å²) in [4.78, 5) is 11.7. The zero-order chi connectivity index (χ0) is 28.2. The largest absolute Gasteiger partial charge is 0.471 e. The minimum absolute atomic E-state index is 0.0107. The quantitative estimate of drug-likeness (QED) is 0.400. The highest BCUT2D eigenvalue weighted by molar-refractivity contribution is 7.90. The lowest BCUT2D eigenvalue weighted by molar-refractivity contribution is -0.192. The van der Waals surface area contributed by atoms with Crippen molar-refractivity contribution >= 4 is 44.3 Å². The molecule has 3 aromatic rings. The second-order valence-corrected chi connectivity index (χ2v) is 10.3. The van der Waals surface area contributed by atoms with Crippen LogP contribution in [0, 0.1) is 0 Å². The van der Waals surface area contributed by atoms with Gasteiger partial charge in [-0.25, -0.2) is 8.78 Å². The molecule has 0 bridgehead atoms. The topological polar surface area (TPSA) is 75.5 Å². The number of alkyl halides is 8. The van der Waals surface area contributed by atoms with Crippen molar-refractivity contribution in [2.45, 2.75) is 29.7 Å². The number of aromatic nitrogens is 2. The first-order valence-electron chi connectivity index (χ1n) is 10.5. The number of amides is 1. The molecule has 4 rings (SSSR count). The molecule has 1 atom stereocenters. The van der Waals surface area contributed by atoms with Crippen LogP contribution in [0.2, 0.25) is 5.02 Å². The van der Waals surface area contributed by atoms with Crippen LogP contribution in [0.25, 0.3) is 10.9 Å². The van der Waals surface area contributed by atoms with Crippen LogP contribution in [0.5, 0.6) is 0 Å². The van der Waals surface area contributed by atoms with E-state index in [0.717, 1.165) is 24.3 Å². The number of hydrogen-bond donors (Lipinski definition) is 0. The molecule has 1 unspecified atom stereocenters. The van der Waals surface area contributed by atoms with E-state index in [4.69, 9.17) is 11.6 Å². The summed E-state index contributed by atoms with van der Waals surface area (Å²) in [6, 6.07) is 4.50. The molecule has 17 heteroatoms. The number of rotatable bonds is 4. The lowest BCUT2D eigenvalue weighted by Gasteiger charge is -2.42. The maximum atomic E-state index is 14.0. The lowest BCUT2D eigenvalue weighted by atomic mass is 10.1. The van der Waals surface area contributed by atoms with E-state index in [-0.39, 0.29) is 20.8 Å². The van der Waals surface area contributed by atoms with Crippen LogP contribution in [0.3, 0.4) is 0 Å². The van der Waals surface area contributed by atoms with E-state index in [9.17, 15) is 48.3 Å². The number of fused-ring (bicyclic) bond motifs is 1. The monoisotopic (exact) mass is 590 g/mol.